The van der Waals surface area contributed by atoms with Crippen molar-refractivity contribution >= 4 is 44.5 Å². The summed E-state index contributed by atoms with van der Waals surface area (Å²) in [5.41, 5.74) is 0.505. The molecule has 0 fully saturated rings. The van der Waals surface area contributed by atoms with Gasteiger partial charge >= 0.3 is 5.97 Å². The molecular formula is C19H19ClN2O6S2. The first-order valence-electron chi connectivity index (χ1n) is 8.71. The maximum absolute atomic E-state index is 13.5. The summed E-state index contributed by atoms with van der Waals surface area (Å²) >= 11 is 7.47. The lowest BCUT2D eigenvalue weighted by Crippen LogP contribution is -2.34. The van der Waals surface area contributed by atoms with Gasteiger partial charge in [-0.05, 0) is 30.3 Å². The number of carboxylic acids is 1. The van der Waals surface area contributed by atoms with E-state index >= 15 is 0 Å². The summed E-state index contributed by atoms with van der Waals surface area (Å²) in [4.78, 5) is 15.3. The second-order valence-electron chi connectivity index (χ2n) is 6.15. The average molecular weight is 471 g/mol. The fraction of sp³-hybridized carbons (Fsp3) is 0.263. The van der Waals surface area contributed by atoms with E-state index in [1.807, 2.05) is 0 Å². The maximum Gasteiger partial charge on any atom is 0.335 e. The first-order valence-corrected chi connectivity index (χ1v) is 11.5. The van der Waals surface area contributed by atoms with Crippen molar-refractivity contribution in [2.24, 2.45) is 4.99 Å². The summed E-state index contributed by atoms with van der Waals surface area (Å²) in [7, 11) is -1.11. The van der Waals surface area contributed by atoms with Crippen LogP contribution in [0.4, 0.5) is 0 Å². The molecule has 0 unspecified atom stereocenters. The monoisotopic (exact) mass is 470 g/mol. The lowest BCUT2D eigenvalue weighted by Gasteiger charge is -2.25. The van der Waals surface area contributed by atoms with Gasteiger partial charge in [-0.1, -0.05) is 23.4 Å². The maximum atomic E-state index is 13.5. The van der Waals surface area contributed by atoms with Crippen molar-refractivity contribution in [1.29, 1.82) is 0 Å². The molecular weight excluding hydrogens is 452 g/mol. The van der Waals surface area contributed by atoms with Gasteiger partial charge in [-0.15, -0.1) is 0 Å². The van der Waals surface area contributed by atoms with Crippen molar-refractivity contribution < 1.29 is 27.8 Å². The van der Waals surface area contributed by atoms with Crippen molar-refractivity contribution in [2.45, 2.75) is 11.4 Å². The normalized spacial score (nSPS) is 13.6. The van der Waals surface area contributed by atoms with Gasteiger partial charge in [0.15, 0.2) is 5.17 Å². The lowest BCUT2D eigenvalue weighted by atomic mass is 10.2. The molecule has 1 aliphatic rings. The number of thioether (sulfide) groups is 1. The first-order chi connectivity index (χ1) is 14.3. The van der Waals surface area contributed by atoms with Gasteiger partial charge in [0.2, 0.25) is 0 Å². The van der Waals surface area contributed by atoms with Gasteiger partial charge in [-0.3, -0.25) is 4.99 Å². The zero-order chi connectivity index (χ0) is 21.9. The Balaban J connectivity index is 2.06. The quantitative estimate of drug-likeness (QED) is 0.661. The Kier molecular flexibility index (Phi) is 6.79. The molecule has 0 saturated carbocycles. The number of sulfonamides is 1. The van der Waals surface area contributed by atoms with Crippen molar-refractivity contribution in [2.75, 3.05) is 26.5 Å². The van der Waals surface area contributed by atoms with Crippen LogP contribution in [0, 0.1) is 0 Å². The number of hydrogen-bond donors (Lipinski definition) is 1. The molecule has 0 aliphatic carbocycles. The highest BCUT2D eigenvalue weighted by Crippen LogP contribution is 2.33. The van der Waals surface area contributed by atoms with E-state index in [0.29, 0.717) is 34.5 Å². The van der Waals surface area contributed by atoms with Crippen LogP contribution in [-0.4, -0.2) is 55.5 Å². The number of carboxylic acid groups (broad SMARTS) is 1. The van der Waals surface area contributed by atoms with Gasteiger partial charge in [0.25, 0.3) is 10.0 Å². The van der Waals surface area contributed by atoms with Crippen LogP contribution in [0.15, 0.2) is 46.3 Å². The highest BCUT2D eigenvalue weighted by Gasteiger charge is 2.32. The van der Waals surface area contributed by atoms with Gasteiger partial charge in [0, 0.05) is 17.4 Å². The Bertz CT molecular complexity index is 1100. The number of hydrogen-bond acceptors (Lipinski definition) is 7. The Hall–Kier alpha value is -2.43. The number of carbonyl (C=O) groups is 1. The number of aliphatic imine (C=N–C) groups is 1. The van der Waals surface area contributed by atoms with Gasteiger partial charge in [-0.2, -0.15) is 0 Å². The average Bonchev–Trinajstić information content (AvgIpc) is 3.25. The zero-order valence-corrected chi connectivity index (χ0v) is 18.6. The number of rotatable bonds is 7. The smallest absolute Gasteiger partial charge is 0.335 e. The fourth-order valence-corrected chi connectivity index (χ4v) is 5.87. The van der Waals surface area contributed by atoms with Gasteiger partial charge in [0.1, 0.15) is 16.4 Å². The lowest BCUT2D eigenvalue weighted by molar-refractivity contribution is 0.0696. The van der Waals surface area contributed by atoms with Gasteiger partial charge in [-0.25, -0.2) is 17.5 Å². The molecule has 11 heteroatoms. The molecule has 0 amide bonds. The van der Waals surface area contributed by atoms with Crippen molar-refractivity contribution in [3.63, 3.8) is 0 Å². The van der Waals surface area contributed by atoms with Crippen molar-refractivity contribution in [3.8, 4) is 11.5 Å². The topological polar surface area (TPSA) is 106 Å². The number of aromatic carboxylic acids is 1. The van der Waals surface area contributed by atoms with Gasteiger partial charge < -0.3 is 14.6 Å². The van der Waals surface area contributed by atoms with E-state index in [4.69, 9.17) is 26.2 Å². The van der Waals surface area contributed by atoms with E-state index in [1.54, 1.807) is 18.2 Å². The zero-order valence-electron chi connectivity index (χ0n) is 16.2. The Morgan fingerprint density at radius 3 is 2.57 bits per heavy atom. The van der Waals surface area contributed by atoms with Crippen LogP contribution in [0.1, 0.15) is 15.9 Å². The third kappa shape index (κ3) is 4.50. The molecule has 2 aromatic rings. The minimum atomic E-state index is -4.13. The Morgan fingerprint density at radius 2 is 2.00 bits per heavy atom. The fourth-order valence-electron chi connectivity index (χ4n) is 2.83. The minimum absolute atomic E-state index is 0.0433. The third-order valence-corrected chi connectivity index (χ3v) is 7.67. The molecule has 3 rings (SSSR count). The number of halogens is 1. The molecule has 0 bridgehead atoms. The second kappa shape index (κ2) is 9.15. The SMILES string of the molecule is COc1ccc(CN(C2=NCCS2)S(=O)(=O)c2ccc(C(=O)O)cc2Cl)c(OC)c1. The molecule has 1 heterocycles. The number of ether oxygens (including phenoxy) is 2. The van der Waals surface area contributed by atoms with E-state index in [-0.39, 0.29) is 22.0 Å². The summed E-state index contributed by atoms with van der Waals surface area (Å²) in [5.74, 6) is 0.499. The number of nitrogens with zero attached hydrogens (tertiary/aromatic N) is 2. The predicted octanol–water partition coefficient (Wildman–Crippen LogP) is 3.35. The third-order valence-electron chi connectivity index (χ3n) is 4.34. The van der Waals surface area contributed by atoms with Crippen LogP contribution >= 0.6 is 23.4 Å². The largest absolute Gasteiger partial charge is 0.497 e. The molecule has 0 atom stereocenters. The summed E-state index contributed by atoms with van der Waals surface area (Å²) in [6.07, 6.45) is 0. The second-order valence-corrected chi connectivity index (χ2v) is 9.45. The Morgan fingerprint density at radius 1 is 1.23 bits per heavy atom. The summed E-state index contributed by atoms with van der Waals surface area (Å²) in [5, 5.41) is 9.28. The van der Waals surface area contributed by atoms with Crippen LogP contribution in [0.3, 0.4) is 0 Å². The van der Waals surface area contributed by atoms with Crippen molar-refractivity contribution in [1.82, 2.24) is 4.31 Å². The molecule has 8 nitrogen and oxygen atoms in total. The highest BCUT2D eigenvalue weighted by molar-refractivity contribution is 8.15. The number of amidine groups is 1. The summed E-state index contributed by atoms with van der Waals surface area (Å²) in [6, 6.07) is 8.61. The standard InChI is InChI=1S/C19H19ClN2O6S2/c1-27-14-5-3-13(16(10-14)28-2)11-22(19-21-7-8-29-19)30(25,26)17-6-4-12(18(23)24)9-15(17)20/h3-6,9-10H,7-8,11H2,1-2H3,(H,23,24). The number of benzene rings is 2. The van der Waals surface area contributed by atoms with E-state index in [0.717, 1.165) is 10.4 Å². The Labute approximate surface area is 183 Å². The molecule has 30 heavy (non-hydrogen) atoms. The van der Waals surface area contributed by atoms with Crippen LogP contribution in [0.2, 0.25) is 5.02 Å². The first kappa shape index (κ1) is 22.3. The highest BCUT2D eigenvalue weighted by atomic mass is 35.5. The summed E-state index contributed by atoms with van der Waals surface area (Å²) < 4.78 is 38.7. The van der Waals surface area contributed by atoms with Crippen LogP contribution < -0.4 is 9.47 Å². The van der Waals surface area contributed by atoms with E-state index in [2.05, 4.69) is 4.99 Å². The van der Waals surface area contributed by atoms with E-state index in [9.17, 15) is 13.2 Å². The molecule has 0 spiro atoms. The minimum Gasteiger partial charge on any atom is -0.497 e. The van der Waals surface area contributed by atoms with Crippen LogP contribution in [0.5, 0.6) is 11.5 Å². The molecule has 1 aliphatic heterocycles. The molecule has 160 valence electrons. The molecule has 2 aromatic carbocycles. The summed E-state index contributed by atoms with van der Waals surface area (Å²) in [6.45, 7) is 0.454. The molecule has 0 radical (unpaired) electrons. The van der Waals surface area contributed by atoms with Crippen LogP contribution in [-0.2, 0) is 16.6 Å². The van der Waals surface area contributed by atoms with Crippen LogP contribution in [0.25, 0.3) is 0 Å². The number of methoxy groups -OCH3 is 2. The molecule has 0 saturated heterocycles. The van der Waals surface area contributed by atoms with Crippen molar-refractivity contribution in [3.05, 3.63) is 52.5 Å². The predicted molar refractivity (Wildman–Crippen MR) is 115 cm³/mol. The van der Waals surface area contributed by atoms with Gasteiger partial charge in [0.05, 0.1) is 37.9 Å². The molecule has 1 N–H and O–H groups in total. The molecule has 0 aromatic heterocycles. The van der Waals surface area contributed by atoms with E-state index in [1.165, 1.54) is 38.1 Å². The van der Waals surface area contributed by atoms with E-state index < -0.39 is 16.0 Å².